The van der Waals surface area contributed by atoms with E-state index in [1.54, 1.807) is 0 Å². The number of hydrogen-bond acceptors (Lipinski definition) is 8. The summed E-state index contributed by atoms with van der Waals surface area (Å²) < 4.78 is 0. The van der Waals surface area contributed by atoms with Crippen LogP contribution in [-0.4, -0.2) is 87.8 Å². The van der Waals surface area contributed by atoms with Crippen LogP contribution in [0.3, 0.4) is 0 Å². The molecule has 0 radical (unpaired) electrons. The molecule has 0 aliphatic rings. The van der Waals surface area contributed by atoms with Crippen molar-refractivity contribution in [3.63, 3.8) is 0 Å². The Morgan fingerprint density at radius 3 is 1.91 bits per heavy atom. The summed E-state index contributed by atoms with van der Waals surface area (Å²) in [6.07, 6.45) is -1.86. The number of aliphatic hydroxyl groups excluding tert-OH is 1. The van der Waals surface area contributed by atoms with Gasteiger partial charge in [0, 0.05) is 6.54 Å². The standard InChI is InChI=1S/C20H37N7O8/c1-9(2)7-11(21)16(31)26-13(8-14(29)30)17(32)27-15(10(3)28)18(33)25-12(19(34)35)5-4-6-24-20(22)23/h9-13,15,28H,4-8,21H2,1-3H3,(H,25,33)(H,26,31)(H,27,32)(H,29,30)(H,34,35)(H4,22,23,24). The zero-order valence-corrected chi connectivity index (χ0v) is 20.1. The zero-order chi connectivity index (χ0) is 27.3. The van der Waals surface area contributed by atoms with Crippen molar-refractivity contribution in [2.45, 2.75) is 76.7 Å². The van der Waals surface area contributed by atoms with E-state index in [9.17, 15) is 34.2 Å². The van der Waals surface area contributed by atoms with Gasteiger partial charge in [-0.15, -0.1) is 0 Å². The quantitative estimate of drug-likeness (QED) is 0.0574. The molecule has 0 bridgehead atoms. The van der Waals surface area contributed by atoms with Crippen LogP contribution in [0.5, 0.6) is 0 Å². The summed E-state index contributed by atoms with van der Waals surface area (Å²) in [5.41, 5.74) is 16.2. The van der Waals surface area contributed by atoms with Gasteiger partial charge in [0.25, 0.3) is 0 Å². The van der Waals surface area contributed by atoms with Gasteiger partial charge in [0.2, 0.25) is 17.7 Å². The fraction of sp³-hybridized carbons (Fsp3) is 0.700. The van der Waals surface area contributed by atoms with Crippen LogP contribution < -0.4 is 33.2 Å². The first-order chi connectivity index (χ1) is 16.1. The second-order valence-corrected chi connectivity index (χ2v) is 8.47. The van der Waals surface area contributed by atoms with Gasteiger partial charge in [0.1, 0.15) is 18.1 Å². The molecule has 0 fully saturated rings. The Morgan fingerprint density at radius 1 is 0.886 bits per heavy atom. The highest BCUT2D eigenvalue weighted by molar-refractivity contribution is 5.95. The Kier molecular flexibility index (Phi) is 13.9. The van der Waals surface area contributed by atoms with Gasteiger partial charge in [-0.1, -0.05) is 13.8 Å². The molecule has 5 unspecified atom stereocenters. The molecule has 12 N–H and O–H groups in total. The Hall–Kier alpha value is -3.46. The molecule has 0 rings (SSSR count). The summed E-state index contributed by atoms with van der Waals surface area (Å²) in [6, 6.07) is -5.61. The zero-order valence-electron chi connectivity index (χ0n) is 20.1. The second kappa shape index (κ2) is 15.4. The Morgan fingerprint density at radius 2 is 1.46 bits per heavy atom. The van der Waals surface area contributed by atoms with Crippen molar-refractivity contribution in [1.82, 2.24) is 16.0 Å². The minimum Gasteiger partial charge on any atom is -0.481 e. The summed E-state index contributed by atoms with van der Waals surface area (Å²) in [7, 11) is 0. The largest absolute Gasteiger partial charge is 0.481 e. The van der Waals surface area contributed by atoms with Crippen LogP contribution in [0.2, 0.25) is 0 Å². The molecule has 0 aliphatic carbocycles. The number of aliphatic imine (C=N–C) groups is 1. The maximum absolute atomic E-state index is 12.7. The molecule has 0 aromatic rings. The van der Waals surface area contributed by atoms with E-state index in [2.05, 4.69) is 20.9 Å². The minimum absolute atomic E-state index is 0.0518. The highest BCUT2D eigenvalue weighted by Gasteiger charge is 2.33. The van der Waals surface area contributed by atoms with Crippen molar-refractivity contribution in [2.75, 3.05) is 6.54 Å². The SMILES string of the molecule is CC(C)CC(N)C(=O)NC(CC(=O)O)C(=O)NC(C(=O)NC(CCCN=C(N)N)C(=O)O)C(C)O. The summed E-state index contributed by atoms with van der Waals surface area (Å²) in [6.45, 7) is 4.94. The van der Waals surface area contributed by atoms with Crippen molar-refractivity contribution < 1.29 is 39.3 Å². The molecule has 0 aromatic carbocycles. The van der Waals surface area contributed by atoms with Crippen molar-refractivity contribution >= 4 is 35.6 Å². The average molecular weight is 504 g/mol. The van der Waals surface area contributed by atoms with Crippen LogP contribution in [0.4, 0.5) is 0 Å². The van der Waals surface area contributed by atoms with E-state index in [4.69, 9.17) is 22.3 Å². The van der Waals surface area contributed by atoms with Crippen LogP contribution in [0, 0.1) is 5.92 Å². The molecule has 35 heavy (non-hydrogen) atoms. The predicted molar refractivity (Wildman–Crippen MR) is 125 cm³/mol. The van der Waals surface area contributed by atoms with Gasteiger partial charge in [-0.25, -0.2) is 4.79 Å². The van der Waals surface area contributed by atoms with E-state index in [1.165, 1.54) is 6.92 Å². The van der Waals surface area contributed by atoms with Crippen LogP contribution in [0.25, 0.3) is 0 Å². The first-order valence-electron chi connectivity index (χ1n) is 11.0. The number of guanidine groups is 1. The van der Waals surface area contributed by atoms with E-state index in [0.717, 1.165) is 0 Å². The number of nitrogens with one attached hydrogen (secondary N) is 3. The average Bonchev–Trinajstić information content (AvgIpc) is 2.71. The van der Waals surface area contributed by atoms with Gasteiger partial charge in [-0.2, -0.15) is 0 Å². The molecule has 200 valence electrons. The third-order valence-electron chi connectivity index (χ3n) is 4.70. The fourth-order valence-electron chi connectivity index (χ4n) is 2.96. The lowest BCUT2D eigenvalue weighted by molar-refractivity contribution is -0.144. The topological polar surface area (TPSA) is 273 Å². The number of aliphatic hydroxyl groups is 1. The summed E-state index contributed by atoms with van der Waals surface area (Å²) >= 11 is 0. The third kappa shape index (κ3) is 13.1. The number of amides is 3. The summed E-state index contributed by atoms with van der Waals surface area (Å²) in [5, 5.41) is 35.1. The van der Waals surface area contributed by atoms with Gasteiger partial charge in [0.15, 0.2) is 5.96 Å². The first-order valence-corrected chi connectivity index (χ1v) is 11.0. The summed E-state index contributed by atoms with van der Waals surface area (Å²) in [4.78, 5) is 64.0. The first kappa shape index (κ1) is 31.5. The molecule has 15 nitrogen and oxygen atoms in total. The van der Waals surface area contributed by atoms with Crippen LogP contribution in [0.15, 0.2) is 4.99 Å². The van der Waals surface area contributed by atoms with Crippen LogP contribution >= 0.6 is 0 Å². The number of carboxylic acid groups (broad SMARTS) is 2. The molecule has 0 saturated carbocycles. The van der Waals surface area contributed by atoms with Crippen molar-refractivity contribution in [3.8, 4) is 0 Å². The Labute approximate surface area is 202 Å². The molecule has 0 aliphatic heterocycles. The molecule has 5 atom stereocenters. The number of aliphatic carboxylic acids is 2. The maximum atomic E-state index is 12.7. The molecular weight excluding hydrogens is 466 g/mol. The number of carbonyl (C=O) groups excluding carboxylic acids is 3. The van der Waals surface area contributed by atoms with Crippen molar-refractivity contribution in [3.05, 3.63) is 0 Å². The second-order valence-electron chi connectivity index (χ2n) is 8.47. The number of carbonyl (C=O) groups is 5. The number of carboxylic acids is 2. The van der Waals surface area contributed by atoms with Crippen molar-refractivity contribution in [2.24, 2.45) is 28.1 Å². The molecule has 3 amide bonds. The maximum Gasteiger partial charge on any atom is 0.326 e. The van der Waals surface area contributed by atoms with E-state index in [0.29, 0.717) is 0 Å². The molecule has 0 heterocycles. The van der Waals surface area contributed by atoms with Gasteiger partial charge >= 0.3 is 11.9 Å². The number of hydrogen-bond donors (Lipinski definition) is 9. The van der Waals surface area contributed by atoms with E-state index in [1.807, 2.05) is 13.8 Å². The molecule has 0 saturated heterocycles. The highest BCUT2D eigenvalue weighted by Crippen LogP contribution is 2.05. The van der Waals surface area contributed by atoms with Crippen molar-refractivity contribution in [1.29, 1.82) is 0 Å². The smallest absolute Gasteiger partial charge is 0.326 e. The number of rotatable bonds is 16. The van der Waals surface area contributed by atoms with Gasteiger partial charge in [-0.05, 0) is 32.1 Å². The molecular formula is C20H37N7O8. The third-order valence-corrected chi connectivity index (χ3v) is 4.70. The lowest BCUT2D eigenvalue weighted by Gasteiger charge is -2.26. The highest BCUT2D eigenvalue weighted by atomic mass is 16.4. The number of nitrogens with two attached hydrogens (primary N) is 3. The molecule has 0 aromatic heterocycles. The predicted octanol–water partition coefficient (Wildman–Crippen LogP) is -3.19. The molecule has 0 spiro atoms. The van der Waals surface area contributed by atoms with Gasteiger partial charge in [-0.3, -0.25) is 24.2 Å². The lowest BCUT2D eigenvalue weighted by atomic mass is 10.0. The van der Waals surface area contributed by atoms with E-state index in [-0.39, 0.29) is 37.7 Å². The van der Waals surface area contributed by atoms with E-state index < -0.39 is 66.4 Å². The Bertz CT molecular complexity index is 783. The van der Waals surface area contributed by atoms with Crippen LogP contribution in [-0.2, 0) is 24.0 Å². The van der Waals surface area contributed by atoms with Gasteiger partial charge < -0.3 is 48.5 Å². The molecule has 15 heteroatoms. The minimum atomic E-state index is -1.64. The fourth-order valence-corrected chi connectivity index (χ4v) is 2.96. The van der Waals surface area contributed by atoms with Crippen LogP contribution in [0.1, 0.15) is 46.5 Å². The van der Waals surface area contributed by atoms with E-state index >= 15 is 0 Å². The van der Waals surface area contributed by atoms with Gasteiger partial charge in [0.05, 0.1) is 18.6 Å². The normalized spacial score (nSPS) is 15.1. The number of nitrogens with zero attached hydrogens (tertiary/aromatic N) is 1. The summed E-state index contributed by atoms with van der Waals surface area (Å²) in [5.74, 6) is -5.75. The Balaban J connectivity index is 5.39. The lowest BCUT2D eigenvalue weighted by Crippen LogP contribution is -2.60. The monoisotopic (exact) mass is 503 g/mol.